The van der Waals surface area contributed by atoms with Crippen LogP contribution in [0, 0.1) is 5.82 Å². The van der Waals surface area contributed by atoms with Gasteiger partial charge in [0, 0.05) is 31.2 Å². The monoisotopic (exact) mass is 402 g/mol. The summed E-state index contributed by atoms with van der Waals surface area (Å²) in [5.41, 5.74) is 1.20. The van der Waals surface area contributed by atoms with Gasteiger partial charge in [0.1, 0.15) is 18.2 Å². The maximum Gasteiger partial charge on any atom is 0.257 e. The topological polar surface area (TPSA) is 32.8 Å². The summed E-state index contributed by atoms with van der Waals surface area (Å²) in [5.74, 6) is -0.256. The molecule has 150 valence electrons. The van der Waals surface area contributed by atoms with E-state index >= 15 is 0 Å². The van der Waals surface area contributed by atoms with Crippen LogP contribution in [-0.4, -0.2) is 47.4 Å². The number of hydrogen-bond acceptors (Lipinski definition) is 4. The van der Waals surface area contributed by atoms with Gasteiger partial charge in [-0.05, 0) is 73.7 Å². The summed E-state index contributed by atoms with van der Waals surface area (Å²) in [4.78, 5) is 17.4. The molecule has 2 aliphatic heterocycles. The van der Waals surface area contributed by atoms with Crippen molar-refractivity contribution in [3.63, 3.8) is 0 Å². The van der Waals surface area contributed by atoms with Crippen molar-refractivity contribution in [3.05, 3.63) is 52.0 Å². The normalized spacial score (nSPS) is 22.7. The Morgan fingerprint density at radius 3 is 2.82 bits per heavy atom. The van der Waals surface area contributed by atoms with Gasteiger partial charge in [-0.15, -0.1) is 0 Å². The third-order valence-corrected chi connectivity index (χ3v) is 6.66. The average Bonchev–Trinajstić information content (AvgIpc) is 3.43. The van der Waals surface area contributed by atoms with Gasteiger partial charge in [0.2, 0.25) is 0 Å². The SMILES string of the molecule is CC1CCCN1CC1CCCN1C(=O)c1ccc(OCc2ccsc2)cc1F. The quantitative estimate of drug-likeness (QED) is 0.710. The summed E-state index contributed by atoms with van der Waals surface area (Å²) in [5, 5.41) is 3.99. The van der Waals surface area contributed by atoms with Crippen molar-refractivity contribution >= 4 is 17.2 Å². The Kier molecular flexibility index (Phi) is 5.97. The molecule has 2 saturated heterocycles. The molecule has 0 saturated carbocycles. The number of likely N-dealkylation sites (tertiary alicyclic amines) is 2. The van der Waals surface area contributed by atoms with Gasteiger partial charge in [-0.2, -0.15) is 11.3 Å². The molecular weight excluding hydrogens is 375 g/mol. The highest BCUT2D eigenvalue weighted by molar-refractivity contribution is 7.07. The zero-order chi connectivity index (χ0) is 19.5. The molecule has 2 unspecified atom stereocenters. The van der Waals surface area contributed by atoms with E-state index in [0.717, 1.165) is 31.5 Å². The van der Waals surface area contributed by atoms with Crippen molar-refractivity contribution in [1.29, 1.82) is 0 Å². The smallest absolute Gasteiger partial charge is 0.257 e. The second-order valence-corrected chi connectivity index (χ2v) is 8.62. The minimum atomic E-state index is -0.506. The first-order valence-electron chi connectivity index (χ1n) is 10.1. The van der Waals surface area contributed by atoms with Crippen LogP contribution in [0.25, 0.3) is 0 Å². The molecule has 0 aliphatic carbocycles. The molecule has 0 bridgehead atoms. The number of ether oxygens (including phenoxy) is 1. The van der Waals surface area contributed by atoms with Gasteiger partial charge in [0.05, 0.1) is 5.56 Å². The lowest BCUT2D eigenvalue weighted by Gasteiger charge is -2.31. The van der Waals surface area contributed by atoms with Crippen LogP contribution in [0.15, 0.2) is 35.0 Å². The van der Waals surface area contributed by atoms with Gasteiger partial charge >= 0.3 is 0 Å². The van der Waals surface area contributed by atoms with Gasteiger partial charge < -0.3 is 9.64 Å². The molecule has 0 radical (unpaired) electrons. The van der Waals surface area contributed by atoms with Crippen LogP contribution in [0.4, 0.5) is 4.39 Å². The summed E-state index contributed by atoms with van der Waals surface area (Å²) < 4.78 is 20.3. The Morgan fingerprint density at radius 1 is 1.25 bits per heavy atom. The number of hydrogen-bond donors (Lipinski definition) is 0. The molecule has 6 heteroatoms. The first-order chi connectivity index (χ1) is 13.6. The van der Waals surface area contributed by atoms with Crippen LogP contribution in [0.3, 0.4) is 0 Å². The van der Waals surface area contributed by atoms with E-state index in [4.69, 9.17) is 4.74 Å². The van der Waals surface area contributed by atoms with Crippen LogP contribution >= 0.6 is 11.3 Å². The molecular formula is C22H27FN2O2S. The highest BCUT2D eigenvalue weighted by Crippen LogP contribution is 2.26. The number of carbonyl (C=O) groups is 1. The molecule has 2 aliphatic rings. The van der Waals surface area contributed by atoms with Crippen molar-refractivity contribution in [3.8, 4) is 5.75 Å². The molecule has 1 amide bonds. The predicted molar refractivity (Wildman–Crippen MR) is 109 cm³/mol. The van der Waals surface area contributed by atoms with Crippen LogP contribution in [0.5, 0.6) is 5.75 Å². The van der Waals surface area contributed by atoms with Gasteiger partial charge in [-0.25, -0.2) is 4.39 Å². The summed E-state index contributed by atoms with van der Waals surface area (Å²) in [6.07, 6.45) is 4.44. The Hall–Kier alpha value is -1.92. The van der Waals surface area contributed by atoms with E-state index in [-0.39, 0.29) is 17.5 Å². The number of benzene rings is 1. The largest absolute Gasteiger partial charge is 0.489 e. The maximum absolute atomic E-state index is 14.7. The summed E-state index contributed by atoms with van der Waals surface area (Å²) in [7, 11) is 0. The molecule has 2 atom stereocenters. The summed E-state index contributed by atoms with van der Waals surface area (Å²) in [6.45, 7) is 5.36. The van der Waals surface area contributed by atoms with E-state index in [1.54, 1.807) is 23.5 Å². The molecule has 28 heavy (non-hydrogen) atoms. The maximum atomic E-state index is 14.7. The lowest BCUT2D eigenvalue weighted by molar-refractivity contribution is 0.0692. The van der Waals surface area contributed by atoms with Crippen molar-refractivity contribution < 1.29 is 13.9 Å². The number of carbonyl (C=O) groups excluding carboxylic acids is 1. The van der Waals surface area contributed by atoms with E-state index in [9.17, 15) is 9.18 Å². The van der Waals surface area contributed by atoms with Crippen LogP contribution < -0.4 is 4.74 Å². The molecule has 4 rings (SSSR count). The third kappa shape index (κ3) is 4.23. The molecule has 1 aromatic heterocycles. The Balaban J connectivity index is 1.41. The minimum absolute atomic E-state index is 0.143. The Labute approximate surface area is 169 Å². The van der Waals surface area contributed by atoms with Crippen LogP contribution in [0.1, 0.15) is 48.5 Å². The standard InChI is InChI=1S/C22H27FN2O2S/c1-16-4-2-9-24(16)13-18-5-3-10-25(18)22(26)20-7-6-19(12-21(20)23)27-14-17-8-11-28-15-17/h6-8,11-12,15-16,18H,2-5,9-10,13-14H2,1H3. The van der Waals surface area contributed by atoms with Crippen molar-refractivity contribution in [1.82, 2.24) is 9.80 Å². The van der Waals surface area contributed by atoms with Crippen LogP contribution in [0.2, 0.25) is 0 Å². The summed E-state index contributed by atoms with van der Waals surface area (Å²) in [6, 6.07) is 7.32. The third-order valence-electron chi connectivity index (χ3n) is 5.93. The number of halogens is 1. The second-order valence-electron chi connectivity index (χ2n) is 7.84. The molecule has 3 heterocycles. The minimum Gasteiger partial charge on any atom is -0.489 e. The van der Waals surface area contributed by atoms with Crippen molar-refractivity contribution in [2.45, 2.75) is 51.3 Å². The Morgan fingerprint density at radius 2 is 2.11 bits per heavy atom. The number of nitrogens with zero attached hydrogens (tertiary/aromatic N) is 2. The van der Waals surface area contributed by atoms with E-state index in [2.05, 4.69) is 11.8 Å². The van der Waals surface area contributed by atoms with Crippen molar-refractivity contribution in [2.24, 2.45) is 0 Å². The molecule has 1 aromatic carbocycles. The average molecular weight is 403 g/mol. The van der Waals surface area contributed by atoms with Gasteiger partial charge in [0.15, 0.2) is 0 Å². The van der Waals surface area contributed by atoms with Gasteiger partial charge in [-0.3, -0.25) is 9.69 Å². The zero-order valence-corrected chi connectivity index (χ0v) is 17.1. The van der Waals surface area contributed by atoms with E-state index in [1.165, 1.54) is 18.9 Å². The molecule has 2 aromatic rings. The fourth-order valence-corrected chi connectivity index (χ4v) is 4.94. The zero-order valence-electron chi connectivity index (χ0n) is 16.3. The van der Waals surface area contributed by atoms with Crippen LogP contribution in [-0.2, 0) is 6.61 Å². The fourth-order valence-electron chi connectivity index (χ4n) is 4.28. The number of amides is 1. The number of rotatable bonds is 6. The first-order valence-corrected chi connectivity index (χ1v) is 11.0. The first kappa shape index (κ1) is 19.4. The highest BCUT2D eigenvalue weighted by Gasteiger charge is 2.33. The predicted octanol–water partition coefficient (Wildman–Crippen LogP) is 4.56. The van der Waals surface area contributed by atoms with E-state index < -0.39 is 5.82 Å². The van der Waals surface area contributed by atoms with E-state index in [0.29, 0.717) is 24.9 Å². The Bertz CT molecular complexity index is 811. The lowest BCUT2D eigenvalue weighted by Crippen LogP contribution is -2.44. The highest BCUT2D eigenvalue weighted by atomic mass is 32.1. The van der Waals surface area contributed by atoms with Gasteiger partial charge in [0.25, 0.3) is 5.91 Å². The van der Waals surface area contributed by atoms with E-state index in [1.807, 2.05) is 21.7 Å². The lowest BCUT2D eigenvalue weighted by atomic mass is 10.1. The summed E-state index contributed by atoms with van der Waals surface area (Å²) >= 11 is 1.60. The number of thiophene rings is 1. The van der Waals surface area contributed by atoms with Gasteiger partial charge in [-0.1, -0.05) is 0 Å². The molecule has 2 fully saturated rings. The second kappa shape index (κ2) is 8.62. The molecule has 4 nitrogen and oxygen atoms in total. The molecule has 0 spiro atoms. The fraction of sp³-hybridized carbons (Fsp3) is 0.500. The van der Waals surface area contributed by atoms with Crippen molar-refractivity contribution in [2.75, 3.05) is 19.6 Å². The molecule has 0 N–H and O–H groups in total.